The Morgan fingerprint density at radius 3 is 2.59 bits per heavy atom. The normalized spacial score (nSPS) is 10.7. The number of benzene rings is 2. The number of amides is 1. The molecule has 0 radical (unpaired) electrons. The van der Waals surface area contributed by atoms with Crippen molar-refractivity contribution in [3.63, 3.8) is 0 Å². The van der Waals surface area contributed by atoms with Crippen LogP contribution in [0.5, 0.6) is 11.5 Å². The van der Waals surface area contributed by atoms with Gasteiger partial charge in [-0.25, -0.2) is 4.63 Å². The van der Waals surface area contributed by atoms with Gasteiger partial charge in [-0.05, 0) is 47.4 Å². The molecule has 10 heteroatoms. The SMILES string of the molecule is CCOc1cc(CNCCNC(=O)c2nonc2N)cc(Cl)c1OCc1ccc(C)cc1. The number of nitrogens with two attached hydrogens (primary N) is 1. The van der Waals surface area contributed by atoms with E-state index in [0.29, 0.717) is 49.4 Å². The van der Waals surface area contributed by atoms with E-state index in [2.05, 4.69) is 25.6 Å². The zero-order valence-corrected chi connectivity index (χ0v) is 18.7. The van der Waals surface area contributed by atoms with E-state index in [0.717, 1.165) is 11.1 Å². The van der Waals surface area contributed by atoms with Crippen LogP contribution in [0.2, 0.25) is 5.02 Å². The smallest absolute Gasteiger partial charge is 0.277 e. The van der Waals surface area contributed by atoms with Gasteiger partial charge in [0.2, 0.25) is 11.5 Å². The third kappa shape index (κ3) is 6.35. The van der Waals surface area contributed by atoms with Crippen molar-refractivity contribution in [1.29, 1.82) is 0 Å². The summed E-state index contributed by atoms with van der Waals surface area (Å²) < 4.78 is 16.1. The van der Waals surface area contributed by atoms with Crippen molar-refractivity contribution < 1.29 is 18.9 Å². The fourth-order valence-corrected chi connectivity index (χ4v) is 3.19. The Bertz CT molecular complexity index is 1040. The summed E-state index contributed by atoms with van der Waals surface area (Å²) in [7, 11) is 0. The van der Waals surface area contributed by atoms with Crippen LogP contribution in [0, 0.1) is 6.92 Å². The molecule has 0 saturated carbocycles. The van der Waals surface area contributed by atoms with E-state index in [1.165, 1.54) is 5.56 Å². The van der Waals surface area contributed by atoms with Crippen molar-refractivity contribution in [2.24, 2.45) is 0 Å². The number of aromatic nitrogens is 2. The summed E-state index contributed by atoms with van der Waals surface area (Å²) in [6, 6.07) is 11.9. The zero-order valence-electron chi connectivity index (χ0n) is 18.0. The van der Waals surface area contributed by atoms with Gasteiger partial charge >= 0.3 is 0 Å². The Labute approximate surface area is 191 Å². The summed E-state index contributed by atoms with van der Waals surface area (Å²) in [5.41, 5.74) is 8.63. The maximum Gasteiger partial charge on any atom is 0.277 e. The number of rotatable bonds is 11. The van der Waals surface area contributed by atoms with E-state index < -0.39 is 5.91 Å². The van der Waals surface area contributed by atoms with E-state index in [-0.39, 0.29) is 11.5 Å². The number of halogens is 1. The average molecular weight is 460 g/mol. The number of anilines is 1. The number of nitrogens with zero attached hydrogens (tertiary/aromatic N) is 2. The molecular formula is C22H26ClN5O4. The molecule has 1 amide bonds. The van der Waals surface area contributed by atoms with Gasteiger partial charge in [-0.15, -0.1) is 0 Å². The maximum atomic E-state index is 11.9. The number of carbonyl (C=O) groups excluding carboxylic acids is 1. The van der Waals surface area contributed by atoms with Crippen LogP contribution in [0.15, 0.2) is 41.0 Å². The second-order valence-electron chi connectivity index (χ2n) is 7.04. The molecule has 0 saturated heterocycles. The summed E-state index contributed by atoms with van der Waals surface area (Å²) in [6.07, 6.45) is 0. The molecule has 0 aliphatic heterocycles. The summed E-state index contributed by atoms with van der Waals surface area (Å²) in [6.45, 7) is 6.24. The number of nitrogens with one attached hydrogen (secondary N) is 2. The number of aryl methyl sites for hydroxylation is 1. The van der Waals surface area contributed by atoms with Gasteiger partial charge in [0.25, 0.3) is 5.91 Å². The van der Waals surface area contributed by atoms with Gasteiger partial charge < -0.3 is 25.8 Å². The monoisotopic (exact) mass is 459 g/mol. The molecule has 3 aromatic rings. The molecule has 0 aliphatic carbocycles. The van der Waals surface area contributed by atoms with Crippen molar-refractivity contribution in [2.45, 2.75) is 27.0 Å². The zero-order chi connectivity index (χ0) is 22.9. The van der Waals surface area contributed by atoms with E-state index >= 15 is 0 Å². The summed E-state index contributed by atoms with van der Waals surface area (Å²) in [5, 5.41) is 13.2. The second-order valence-corrected chi connectivity index (χ2v) is 7.45. The molecule has 0 atom stereocenters. The summed E-state index contributed by atoms with van der Waals surface area (Å²) in [4.78, 5) is 11.9. The minimum atomic E-state index is -0.442. The van der Waals surface area contributed by atoms with Crippen LogP contribution in [0.1, 0.15) is 34.1 Å². The lowest BCUT2D eigenvalue weighted by molar-refractivity contribution is 0.0944. The van der Waals surface area contributed by atoms with Crippen LogP contribution in [0.25, 0.3) is 0 Å². The lowest BCUT2D eigenvalue weighted by Crippen LogP contribution is -2.32. The van der Waals surface area contributed by atoms with Crippen LogP contribution >= 0.6 is 11.6 Å². The molecule has 3 rings (SSSR count). The Morgan fingerprint density at radius 2 is 1.91 bits per heavy atom. The molecule has 0 aliphatic rings. The van der Waals surface area contributed by atoms with Crippen molar-refractivity contribution in [2.75, 3.05) is 25.4 Å². The molecular weight excluding hydrogens is 434 g/mol. The van der Waals surface area contributed by atoms with Gasteiger partial charge in [0.1, 0.15) is 6.61 Å². The van der Waals surface area contributed by atoms with Crippen molar-refractivity contribution in [1.82, 2.24) is 20.9 Å². The van der Waals surface area contributed by atoms with Gasteiger partial charge in [0.05, 0.1) is 11.6 Å². The van der Waals surface area contributed by atoms with Crippen LogP contribution < -0.4 is 25.8 Å². The molecule has 0 spiro atoms. The van der Waals surface area contributed by atoms with Gasteiger partial charge in [-0.3, -0.25) is 4.79 Å². The Hall–Kier alpha value is -3.30. The van der Waals surface area contributed by atoms with Crippen LogP contribution in [-0.4, -0.2) is 35.9 Å². The first kappa shape index (κ1) is 23.4. The molecule has 4 N–H and O–H groups in total. The van der Waals surface area contributed by atoms with Crippen LogP contribution in [0.3, 0.4) is 0 Å². The molecule has 0 bridgehead atoms. The molecule has 170 valence electrons. The molecule has 1 aromatic heterocycles. The van der Waals surface area contributed by atoms with Crippen molar-refractivity contribution >= 4 is 23.3 Å². The molecule has 1 heterocycles. The molecule has 0 unspecified atom stereocenters. The first-order chi connectivity index (χ1) is 15.5. The van der Waals surface area contributed by atoms with Crippen molar-refractivity contribution in [3.8, 4) is 11.5 Å². The number of nitrogen functional groups attached to an aromatic ring is 1. The highest BCUT2D eigenvalue weighted by Gasteiger charge is 2.15. The quantitative estimate of drug-likeness (QED) is 0.373. The third-order valence-corrected chi connectivity index (χ3v) is 4.80. The topological polar surface area (TPSA) is 125 Å². The number of hydrogen-bond donors (Lipinski definition) is 3. The molecule has 0 fully saturated rings. The highest BCUT2D eigenvalue weighted by Crippen LogP contribution is 2.37. The van der Waals surface area contributed by atoms with Gasteiger partial charge in [0, 0.05) is 19.6 Å². The third-order valence-electron chi connectivity index (χ3n) is 4.52. The predicted molar refractivity (Wildman–Crippen MR) is 121 cm³/mol. The van der Waals surface area contributed by atoms with Gasteiger partial charge in [0.15, 0.2) is 11.5 Å². The standard InChI is InChI=1S/C22H26ClN5O4/c1-3-30-18-11-16(12-25-8-9-26-22(29)19-21(24)28-32-27-19)10-17(23)20(18)31-13-15-6-4-14(2)5-7-15/h4-7,10-11,25H,3,8-9,12-13H2,1-2H3,(H2,24,28)(H,26,29). The second kappa shape index (κ2) is 11.4. The largest absolute Gasteiger partial charge is 0.490 e. The molecule has 9 nitrogen and oxygen atoms in total. The molecule has 32 heavy (non-hydrogen) atoms. The minimum absolute atomic E-state index is 0.0284. The Morgan fingerprint density at radius 1 is 1.12 bits per heavy atom. The van der Waals surface area contributed by atoms with E-state index in [1.54, 1.807) is 0 Å². The number of hydrogen-bond acceptors (Lipinski definition) is 8. The van der Waals surface area contributed by atoms with Gasteiger partial charge in [-0.1, -0.05) is 41.4 Å². The fraction of sp³-hybridized carbons (Fsp3) is 0.318. The first-order valence-corrected chi connectivity index (χ1v) is 10.6. The van der Waals surface area contributed by atoms with Crippen LogP contribution in [0.4, 0.5) is 5.82 Å². The minimum Gasteiger partial charge on any atom is -0.490 e. The highest BCUT2D eigenvalue weighted by molar-refractivity contribution is 6.32. The van der Waals surface area contributed by atoms with E-state index in [9.17, 15) is 4.79 Å². The lowest BCUT2D eigenvalue weighted by Gasteiger charge is -2.16. The Kier molecular flexibility index (Phi) is 8.29. The van der Waals surface area contributed by atoms with E-state index in [1.807, 2.05) is 50.2 Å². The van der Waals surface area contributed by atoms with E-state index in [4.69, 9.17) is 26.8 Å². The number of ether oxygens (including phenoxy) is 2. The Balaban J connectivity index is 1.53. The fourth-order valence-electron chi connectivity index (χ4n) is 2.90. The first-order valence-electron chi connectivity index (χ1n) is 10.2. The number of carbonyl (C=O) groups is 1. The average Bonchev–Trinajstić information content (AvgIpc) is 3.20. The highest BCUT2D eigenvalue weighted by atomic mass is 35.5. The van der Waals surface area contributed by atoms with Crippen molar-refractivity contribution in [3.05, 3.63) is 63.8 Å². The summed E-state index contributed by atoms with van der Waals surface area (Å²) >= 11 is 6.49. The van der Waals surface area contributed by atoms with Crippen LogP contribution in [-0.2, 0) is 13.2 Å². The van der Waals surface area contributed by atoms with Gasteiger partial charge in [-0.2, -0.15) is 0 Å². The maximum absolute atomic E-state index is 11.9. The molecule has 2 aromatic carbocycles. The lowest BCUT2D eigenvalue weighted by atomic mass is 10.1. The predicted octanol–water partition coefficient (Wildman–Crippen LogP) is 3.11. The summed E-state index contributed by atoms with van der Waals surface area (Å²) in [5.74, 6) is 0.621.